The van der Waals surface area contributed by atoms with Gasteiger partial charge in [-0.2, -0.15) is 9.36 Å². The quantitative estimate of drug-likeness (QED) is 0.649. The van der Waals surface area contributed by atoms with Crippen LogP contribution in [0.5, 0.6) is 0 Å². The van der Waals surface area contributed by atoms with Crippen molar-refractivity contribution in [1.82, 2.24) is 19.8 Å². The molecule has 0 N–H and O–H groups in total. The van der Waals surface area contributed by atoms with E-state index in [9.17, 15) is 4.79 Å². The van der Waals surface area contributed by atoms with Gasteiger partial charge in [0.15, 0.2) is 0 Å². The highest BCUT2D eigenvalue weighted by molar-refractivity contribution is 9.10. The Kier molecular flexibility index (Phi) is 4.49. The van der Waals surface area contributed by atoms with E-state index < -0.39 is 0 Å². The first kappa shape index (κ1) is 16.4. The third-order valence-corrected chi connectivity index (χ3v) is 4.41. The molecule has 24 heavy (non-hydrogen) atoms. The smallest absolute Gasteiger partial charge is 0.244 e. The maximum absolute atomic E-state index is 12.2. The highest BCUT2D eigenvalue weighted by Crippen LogP contribution is 2.22. The molecule has 0 spiro atoms. The molecule has 3 rings (SSSR count). The Morgan fingerprint density at radius 3 is 2.50 bits per heavy atom. The standard InChI is InChI=1S/C18H17BrN4O/c1-12-5-4-6-17(23-18(24)22(3)20-21-23)16(12)10-8-14-7-9-15(19)11-13(14)2/h4-11H,1-3H3/b10-8+. The summed E-state index contributed by atoms with van der Waals surface area (Å²) in [5.74, 6) is 0. The zero-order valence-electron chi connectivity index (χ0n) is 13.7. The Balaban J connectivity index is 2.10. The minimum Gasteiger partial charge on any atom is -0.244 e. The molecular weight excluding hydrogens is 368 g/mol. The van der Waals surface area contributed by atoms with E-state index in [-0.39, 0.29) is 5.69 Å². The van der Waals surface area contributed by atoms with E-state index in [1.165, 1.54) is 14.9 Å². The number of hydrogen-bond donors (Lipinski definition) is 0. The van der Waals surface area contributed by atoms with Gasteiger partial charge >= 0.3 is 5.69 Å². The fraction of sp³-hybridized carbons (Fsp3) is 0.167. The van der Waals surface area contributed by atoms with Gasteiger partial charge in [0.25, 0.3) is 0 Å². The molecule has 3 aromatic rings. The van der Waals surface area contributed by atoms with Gasteiger partial charge < -0.3 is 0 Å². The van der Waals surface area contributed by atoms with Gasteiger partial charge in [-0.3, -0.25) is 0 Å². The molecule has 5 nitrogen and oxygen atoms in total. The number of rotatable bonds is 3. The lowest BCUT2D eigenvalue weighted by Gasteiger charge is -2.08. The van der Waals surface area contributed by atoms with Gasteiger partial charge in [0, 0.05) is 17.1 Å². The number of tetrazole rings is 1. The Morgan fingerprint density at radius 1 is 1.04 bits per heavy atom. The van der Waals surface area contributed by atoms with Crippen LogP contribution in [0.15, 0.2) is 45.7 Å². The molecule has 0 aliphatic rings. The van der Waals surface area contributed by atoms with Gasteiger partial charge in [0.1, 0.15) is 0 Å². The van der Waals surface area contributed by atoms with Crippen molar-refractivity contribution in [2.75, 3.05) is 0 Å². The van der Waals surface area contributed by atoms with Crippen LogP contribution < -0.4 is 5.69 Å². The third kappa shape index (κ3) is 3.10. The molecule has 0 atom stereocenters. The fourth-order valence-electron chi connectivity index (χ4n) is 2.53. The number of hydrogen-bond acceptors (Lipinski definition) is 3. The SMILES string of the molecule is Cc1cc(Br)ccc1/C=C/c1c(C)cccc1-n1nnn(C)c1=O. The second-order valence-electron chi connectivity index (χ2n) is 5.64. The van der Waals surface area contributed by atoms with Crippen LogP contribution in [0.2, 0.25) is 0 Å². The number of aryl methyl sites for hydroxylation is 3. The van der Waals surface area contributed by atoms with E-state index in [0.717, 1.165) is 26.9 Å². The number of benzene rings is 2. The molecule has 0 aliphatic heterocycles. The molecule has 1 heterocycles. The van der Waals surface area contributed by atoms with Crippen molar-refractivity contribution in [3.63, 3.8) is 0 Å². The lowest BCUT2D eigenvalue weighted by atomic mass is 10.0. The summed E-state index contributed by atoms with van der Waals surface area (Å²) in [6, 6.07) is 11.9. The maximum Gasteiger partial charge on any atom is 0.368 e. The first-order chi connectivity index (χ1) is 11.5. The molecule has 122 valence electrons. The Labute approximate surface area is 148 Å². The summed E-state index contributed by atoms with van der Waals surface area (Å²) in [5.41, 5.74) is 4.76. The van der Waals surface area contributed by atoms with Crippen molar-refractivity contribution in [1.29, 1.82) is 0 Å². The largest absolute Gasteiger partial charge is 0.368 e. The van der Waals surface area contributed by atoms with Crippen LogP contribution in [0.3, 0.4) is 0 Å². The molecule has 0 amide bonds. The Bertz CT molecular complexity index is 985. The third-order valence-electron chi connectivity index (χ3n) is 3.91. The fourth-order valence-corrected chi connectivity index (χ4v) is 3.01. The van der Waals surface area contributed by atoms with Gasteiger partial charge in [-0.05, 0) is 59.2 Å². The first-order valence-electron chi connectivity index (χ1n) is 7.50. The van der Waals surface area contributed by atoms with Crippen LogP contribution >= 0.6 is 15.9 Å². The Hall–Kier alpha value is -2.47. The lowest BCUT2D eigenvalue weighted by molar-refractivity contribution is 0.693. The van der Waals surface area contributed by atoms with Crippen LogP contribution in [0.4, 0.5) is 0 Å². The molecule has 0 saturated carbocycles. The number of aromatic nitrogens is 4. The highest BCUT2D eigenvalue weighted by atomic mass is 79.9. The summed E-state index contributed by atoms with van der Waals surface area (Å²) in [5, 5.41) is 7.74. The van der Waals surface area contributed by atoms with Crippen LogP contribution in [0.25, 0.3) is 17.8 Å². The molecule has 0 radical (unpaired) electrons. The minimum absolute atomic E-state index is 0.268. The van der Waals surface area contributed by atoms with E-state index in [1.54, 1.807) is 7.05 Å². The van der Waals surface area contributed by atoms with Crippen LogP contribution in [0.1, 0.15) is 22.3 Å². The van der Waals surface area contributed by atoms with E-state index in [1.807, 2.05) is 37.3 Å². The zero-order valence-corrected chi connectivity index (χ0v) is 15.3. The summed E-state index contributed by atoms with van der Waals surface area (Å²) in [7, 11) is 1.59. The van der Waals surface area contributed by atoms with Crippen molar-refractivity contribution in [3.05, 3.63) is 73.6 Å². The van der Waals surface area contributed by atoms with Gasteiger partial charge in [-0.25, -0.2) is 4.79 Å². The molecule has 6 heteroatoms. The molecule has 0 bridgehead atoms. The van der Waals surface area contributed by atoms with Gasteiger partial charge in [0.2, 0.25) is 0 Å². The first-order valence-corrected chi connectivity index (χ1v) is 8.30. The Morgan fingerprint density at radius 2 is 1.83 bits per heavy atom. The average Bonchev–Trinajstić information content (AvgIpc) is 2.87. The predicted octanol–water partition coefficient (Wildman–Crippen LogP) is 3.52. The van der Waals surface area contributed by atoms with Crippen molar-refractivity contribution < 1.29 is 0 Å². The van der Waals surface area contributed by atoms with E-state index >= 15 is 0 Å². The van der Waals surface area contributed by atoms with E-state index in [4.69, 9.17) is 0 Å². The summed E-state index contributed by atoms with van der Waals surface area (Å²) >= 11 is 3.48. The molecule has 2 aromatic carbocycles. The summed E-state index contributed by atoms with van der Waals surface area (Å²) in [6.07, 6.45) is 4.07. The zero-order chi connectivity index (χ0) is 17.3. The molecule has 0 fully saturated rings. The highest BCUT2D eigenvalue weighted by Gasteiger charge is 2.11. The summed E-state index contributed by atoms with van der Waals surface area (Å²) in [6.45, 7) is 4.08. The molecular formula is C18H17BrN4O. The minimum atomic E-state index is -0.268. The van der Waals surface area contributed by atoms with E-state index in [2.05, 4.69) is 51.5 Å². The predicted molar refractivity (Wildman–Crippen MR) is 99.1 cm³/mol. The van der Waals surface area contributed by atoms with E-state index in [0.29, 0.717) is 0 Å². The van der Waals surface area contributed by atoms with Crippen LogP contribution in [-0.4, -0.2) is 19.8 Å². The van der Waals surface area contributed by atoms with Crippen molar-refractivity contribution in [3.8, 4) is 5.69 Å². The lowest BCUT2D eigenvalue weighted by Crippen LogP contribution is -2.22. The number of nitrogens with zero attached hydrogens (tertiary/aromatic N) is 4. The van der Waals surface area contributed by atoms with Crippen molar-refractivity contribution in [2.24, 2.45) is 7.05 Å². The van der Waals surface area contributed by atoms with Gasteiger partial charge in [-0.15, -0.1) is 0 Å². The molecule has 0 aliphatic carbocycles. The monoisotopic (exact) mass is 384 g/mol. The topological polar surface area (TPSA) is 52.7 Å². The van der Waals surface area contributed by atoms with Crippen LogP contribution in [-0.2, 0) is 7.05 Å². The normalized spacial score (nSPS) is 11.3. The number of halogens is 1. The second kappa shape index (κ2) is 6.57. The summed E-state index contributed by atoms with van der Waals surface area (Å²) in [4.78, 5) is 12.2. The average molecular weight is 385 g/mol. The van der Waals surface area contributed by atoms with Crippen LogP contribution in [0, 0.1) is 13.8 Å². The van der Waals surface area contributed by atoms with Gasteiger partial charge in [0.05, 0.1) is 5.69 Å². The van der Waals surface area contributed by atoms with Gasteiger partial charge in [-0.1, -0.05) is 46.3 Å². The molecule has 0 saturated heterocycles. The molecule has 1 aromatic heterocycles. The van der Waals surface area contributed by atoms with Crippen molar-refractivity contribution >= 4 is 28.1 Å². The van der Waals surface area contributed by atoms with Crippen molar-refractivity contribution in [2.45, 2.75) is 13.8 Å². The maximum atomic E-state index is 12.2. The second-order valence-corrected chi connectivity index (χ2v) is 6.55. The molecule has 0 unspecified atom stereocenters. The summed E-state index contributed by atoms with van der Waals surface area (Å²) < 4.78 is 3.59.